The van der Waals surface area contributed by atoms with Gasteiger partial charge in [0, 0.05) is 18.6 Å². The van der Waals surface area contributed by atoms with Gasteiger partial charge in [0.2, 0.25) is 7.28 Å². The van der Waals surface area contributed by atoms with Crippen molar-refractivity contribution in [3.63, 3.8) is 0 Å². The summed E-state index contributed by atoms with van der Waals surface area (Å²) in [4.78, 5) is 4.96. The van der Waals surface area contributed by atoms with Crippen molar-refractivity contribution in [1.82, 2.24) is 9.55 Å². The molecule has 0 amide bonds. The lowest BCUT2D eigenvalue weighted by atomic mass is 9.58. The molecule has 0 fully saturated rings. The molecule has 1 aromatic heterocycles. The molecule has 0 aliphatic heterocycles. The quantitative estimate of drug-likeness (QED) is 0.0951. The molecule has 1 radical (unpaired) electrons. The minimum atomic E-state index is -2.60. The number of aromatic nitrogens is 2. The Hall–Kier alpha value is -3.71. The van der Waals surface area contributed by atoms with E-state index in [0.717, 1.165) is 36.2 Å². The van der Waals surface area contributed by atoms with Crippen molar-refractivity contribution in [3.05, 3.63) is 174 Å². The van der Waals surface area contributed by atoms with E-state index in [0.29, 0.717) is 0 Å². The smallest absolute Gasteiger partial charge is 0.215 e. The van der Waals surface area contributed by atoms with Gasteiger partial charge in [-0.15, -0.1) is 0 Å². The van der Waals surface area contributed by atoms with Crippen LogP contribution in [0.4, 0.5) is 0 Å². The number of benzene rings is 5. The Morgan fingerprint density at radius 3 is 1.49 bits per heavy atom. The van der Waals surface area contributed by atoms with Gasteiger partial charge in [-0.1, -0.05) is 140 Å². The zero-order valence-electron chi connectivity index (χ0n) is 25.4. The van der Waals surface area contributed by atoms with E-state index in [2.05, 4.69) is 183 Å². The van der Waals surface area contributed by atoms with Gasteiger partial charge in [0.15, 0.2) is 8.07 Å². The van der Waals surface area contributed by atoms with E-state index in [1.807, 2.05) is 6.20 Å². The summed E-state index contributed by atoms with van der Waals surface area (Å²) in [5.41, 5.74) is 6.13. The second kappa shape index (κ2) is 15.0. The molecule has 0 bridgehead atoms. The van der Waals surface area contributed by atoms with E-state index < -0.39 is 8.07 Å². The fourth-order valence-corrected chi connectivity index (χ4v) is 11.5. The molecular weight excluding hydrogens is 599 g/mol. The Balaban J connectivity index is 1.48. The summed E-state index contributed by atoms with van der Waals surface area (Å²) in [5.74, 6) is 1.76. The number of hydrogen-bond acceptors (Lipinski definition) is 3. The molecule has 0 unspecified atom stereocenters. The van der Waals surface area contributed by atoms with Crippen molar-refractivity contribution in [1.29, 1.82) is 0 Å². The highest BCUT2D eigenvalue weighted by molar-refractivity contribution is 7.80. The first-order valence-electron chi connectivity index (χ1n) is 15.6. The Morgan fingerprint density at radius 2 is 1.02 bits per heavy atom. The van der Waals surface area contributed by atoms with Crippen molar-refractivity contribution in [2.24, 2.45) is 0 Å². The molecule has 6 aromatic rings. The zero-order valence-corrected chi connectivity index (χ0v) is 28.2. The van der Waals surface area contributed by atoms with E-state index in [-0.39, 0.29) is 5.82 Å². The summed E-state index contributed by atoms with van der Waals surface area (Å²) < 4.78 is 2.39. The topological polar surface area (TPSA) is 17.8 Å². The van der Waals surface area contributed by atoms with Crippen LogP contribution in [0.1, 0.15) is 28.1 Å². The SMILES string of the molecule is SCCc1ccc([Si](Cn2ccnc2[B]C(c2ccccc2)c2ccccc2)(c2ccccc2)c2ccc(CCS)cc2)cc1. The van der Waals surface area contributed by atoms with Gasteiger partial charge in [0.05, 0.1) is 5.72 Å². The molecule has 6 rings (SSSR count). The Labute approximate surface area is 280 Å². The lowest BCUT2D eigenvalue weighted by Gasteiger charge is -2.35. The average molecular weight is 638 g/mol. The highest BCUT2D eigenvalue weighted by atomic mass is 32.1. The van der Waals surface area contributed by atoms with Gasteiger partial charge in [-0.05, 0) is 68.0 Å². The molecule has 0 saturated heterocycles. The molecule has 223 valence electrons. The lowest BCUT2D eigenvalue weighted by molar-refractivity contribution is 0.889. The standard InChI is InChI=1S/C39H38BN2S2Si/c43-28-24-31-16-20-36(21-17-31)45(35-14-8-3-9-15-35,37-22-18-32(19-23-37)25-29-44)30-42-27-26-41-39(42)40-38(33-10-4-1-5-11-33)34-12-6-2-7-13-34/h1-23,26-27,38,43-44H,24-25,28-30H2. The molecule has 6 heteroatoms. The Bertz CT molecular complexity index is 1670. The van der Waals surface area contributed by atoms with Crippen molar-refractivity contribution in [3.8, 4) is 0 Å². The normalized spacial score (nSPS) is 11.5. The largest absolute Gasteiger partial charge is 0.345 e. The minimum absolute atomic E-state index is 0.0855. The Morgan fingerprint density at radius 1 is 0.578 bits per heavy atom. The van der Waals surface area contributed by atoms with Crippen LogP contribution >= 0.6 is 25.3 Å². The van der Waals surface area contributed by atoms with Gasteiger partial charge in [-0.25, -0.2) is 0 Å². The monoisotopic (exact) mass is 637 g/mol. The third-order valence-electron chi connectivity index (χ3n) is 8.75. The maximum atomic E-state index is 4.96. The van der Waals surface area contributed by atoms with E-state index in [1.165, 1.54) is 37.8 Å². The average Bonchev–Trinajstić information content (AvgIpc) is 3.54. The van der Waals surface area contributed by atoms with E-state index in [1.54, 1.807) is 0 Å². The van der Waals surface area contributed by atoms with E-state index in [4.69, 9.17) is 4.98 Å². The summed E-state index contributed by atoms with van der Waals surface area (Å²) in [6, 6.07) is 51.3. The predicted molar refractivity (Wildman–Crippen MR) is 201 cm³/mol. The summed E-state index contributed by atoms with van der Waals surface area (Å²) in [6.45, 7) is 0. The molecule has 0 spiro atoms. The van der Waals surface area contributed by atoms with Gasteiger partial charge in [0.1, 0.15) is 0 Å². The summed E-state index contributed by atoms with van der Waals surface area (Å²) in [7, 11) is -0.263. The van der Waals surface area contributed by atoms with E-state index >= 15 is 0 Å². The van der Waals surface area contributed by atoms with Crippen molar-refractivity contribution in [2.45, 2.75) is 24.8 Å². The lowest BCUT2D eigenvalue weighted by Crippen LogP contribution is -2.70. The van der Waals surface area contributed by atoms with Crippen LogP contribution in [0, 0.1) is 0 Å². The molecule has 0 aliphatic carbocycles. The third-order valence-corrected chi connectivity index (χ3v) is 14.0. The molecule has 1 heterocycles. The first-order valence-corrected chi connectivity index (χ1v) is 19.1. The van der Waals surface area contributed by atoms with Gasteiger partial charge in [0.25, 0.3) is 0 Å². The summed E-state index contributed by atoms with van der Waals surface area (Å²) in [6.07, 6.45) is 6.87. The van der Waals surface area contributed by atoms with Crippen molar-refractivity contribution < 1.29 is 0 Å². The van der Waals surface area contributed by atoms with Crippen LogP contribution in [0.15, 0.2) is 152 Å². The minimum Gasteiger partial charge on any atom is -0.345 e. The van der Waals surface area contributed by atoms with Crippen LogP contribution in [0.2, 0.25) is 0 Å². The van der Waals surface area contributed by atoms with Crippen molar-refractivity contribution in [2.75, 3.05) is 11.5 Å². The maximum Gasteiger partial charge on any atom is 0.215 e. The molecule has 5 aromatic carbocycles. The van der Waals surface area contributed by atoms with Gasteiger partial charge in [-0.3, -0.25) is 4.98 Å². The highest BCUT2D eigenvalue weighted by Crippen LogP contribution is 2.23. The number of thiol groups is 2. The number of nitrogens with zero attached hydrogens (tertiary/aromatic N) is 2. The van der Waals surface area contributed by atoms with Crippen LogP contribution < -0.4 is 21.3 Å². The van der Waals surface area contributed by atoms with Crippen molar-refractivity contribution >= 4 is 61.9 Å². The number of imidazole rings is 1. The van der Waals surface area contributed by atoms with Crippen LogP contribution in [0.5, 0.6) is 0 Å². The highest BCUT2D eigenvalue weighted by Gasteiger charge is 2.40. The molecule has 0 aliphatic rings. The molecule has 0 N–H and O–H groups in total. The van der Waals surface area contributed by atoms with Crippen LogP contribution in [-0.2, 0) is 19.0 Å². The second-order valence-corrected chi connectivity index (χ2v) is 16.2. The number of rotatable bonds is 13. The summed E-state index contributed by atoms with van der Waals surface area (Å²) >= 11 is 8.99. The molecule has 0 saturated carbocycles. The molecule has 45 heavy (non-hydrogen) atoms. The van der Waals surface area contributed by atoms with Gasteiger partial charge in [-0.2, -0.15) is 25.3 Å². The first-order chi connectivity index (χ1) is 22.2. The fourth-order valence-electron chi connectivity index (χ4n) is 6.39. The van der Waals surface area contributed by atoms with Gasteiger partial charge >= 0.3 is 0 Å². The number of aryl methyl sites for hydroxylation is 2. The van der Waals surface area contributed by atoms with Crippen LogP contribution in [0.25, 0.3) is 0 Å². The van der Waals surface area contributed by atoms with Crippen LogP contribution in [0.3, 0.4) is 0 Å². The summed E-state index contributed by atoms with van der Waals surface area (Å²) in [5, 5.41) is 4.16. The fraction of sp³-hybridized carbons (Fsp3) is 0.154. The third kappa shape index (κ3) is 7.09. The first kappa shape index (κ1) is 31.3. The Kier molecular flexibility index (Phi) is 10.5. The molecular formula is C39H38BN2S2Si. The predicted octanol–water partition coefficient (Wildman–Crippen LogP) is 5.66. The van der Waals surface area contributed by atoms with Gasteiger partial charge < -0.3 is 4.57 Å². The number of hydrogen-bond donors (Lipinski definition) is 2. The van der Waals surface area contributed by atoms with Crippen LogP contribution in [-0.4, -0.2) is 36.4 Å². The molecule has 2 nitrogen and oxygen atoms in total. The van der Waals surface area contributed by atoms with E-state index in [9.17, 15) is 0 Å². The maximum absolute atomic E-state index is 4.96. The zero-order chi connectivity index (χ0) is 30.9. The molecule has 0 atom stereocenters. The second-order valence-electron chi connectivity index (χ2n) is 11.5.